The van der Waals surface area contributed by atoms with Gasteiger partial charge in [0.1, 0.15) is 0 Å². The van der Waals surface area contributed by atoms with Crippen molar-refractivity contribution in [2.45, 2.75) is 45.2 Å². The molecule has 1 aliphatic rings. The van der Waals surface area contributed by atoms with Crippen molar-refractivity contribution < 1.29 is 5.11 Å². The average Bonchev–Trinajstić information content (AvgIpc) is 2.73. The van der Waals surface area contributed by atoms with Crippen molar-refractivity contribution in [1.82, 2.24) is 5.32 Å². The zero-order valence-electron chi connectivity index (χ0n) is 11.1. The lowest BCUT2D eigenvalue weighted by atomic mass is 9.98. The van der Waals surface area contributed by atoms with Gasteiger partial charge in [-0.25, -0.2) is 0 Å². The van der Waals surface area contributed by atoms with Crippen molar-refractivity contribution in [2.75, 3.05) is 6.61 Å². The van der Waals surface area contributed by atoms with E-state index in [1.807, 2.05) is 0 Å². The Bertz CT molecular complexity index is 405. The van der Waals surface area contributed by atoms with Crippen LogP contribution in [0.2, 0.25) is 0 Å². The molecule has 0 aromatic heterocycles. The van der Waals surface area contributed by atoms with E-state index in [2.05, 4.69) is 53.3 Å². The van der Waals surface area contributed by atoms with Gasteiger partial charge in [0.2, 0.25) is 0 Å². The maximum absolute atomic E-state index is 9.15. The minimum atomic E-state index is 0.258. The average molecular weight is 312 g/mol. The largest absolute Gasteiger partial charge is 0.396 e. The predicted octanol–water partition coefficient (Wildman–Crippen LogP) is 3.43. The third-order valence-electron chi connectivity index (χ3n) is 3.87. The van der Waals surface area contributed by atoms with E-state index in [1.165, 1.54) is 15.6 Å². The smallest absolute Gasteiger partial charge is 0.0445 e. The predicted molar refractivity (Wildman–Crippen MR) is 78.7 cm³/mol. The zero-order valence-corrected chi connectivity index (χ0v) is 12.7. The highest BCUT2D eigenvalue weighted by atomic mass is 79.9. The first kappa shape index (κ1) is 14.0. The van der Waals surface area contributed by atoms with Gasteiger partial charge in [0.05, 0.1) is 0 Å². The summed E-state index contributed by atoms with van der Waals surface area (Å²) in [5, 5.41) is 12.9. The number of aliphatic hydroxyl groups excluding tert-OH is 1. The van der Waals surface area contributed by atoms with Crippen molar-refractivity contribution in [2.24, 2.45) is 5.92 Å². The Morgan fingerprint density at radius 2 is 2.22 bits per heavy atom. The molecule has 0 spiro atoms. The number of nitrogens with one attached hydrogen (secondary N) is 1. The Hall–Kier alpha value is -0.380. The molecule has 1 aliphatic carbocycles. The van der Waals surface area contributed by atoms with Gasteiger partial charge in [0, 0.05) is 23.2 Å². The third-order valence-corrected chi connectivity index (χ3v) is 4.62. The molecule has 0 bridgehead atoms. The van der Waals surface area contributed by atoms with Crippen LogP contribution >= 0.6 is 15.9 Å². The minimum absolute atomic E-state index is 0.258. The Balaban J connectivity index is 2.11. The Morgan fingerprint density at radius 1 is 1.44 bits per heavy atom. The Morgan fingerprint density at radius 3 is 2.89 bits per heavy atom. The van der Waals surface area contributed by atoms with Crippen LogP contribution in [0, 0.1) is 5.92 Å². The van der Waals surface area contributed by atoms with E-state index < -0.39 is 0 Å². The number of halogens is 1. The molecule has 1 aromatic carbocycles. The summed E-state index contributed by atoms with van der Waals surface area (Å²) in [5.74, 6) is 0.549. The summed E-state index contributed by atoms with van der Waals surface area (Å²) < 4.78 is 1.23. The molecule has 100 valence electrons. The number of fused-ring (bicyclic) bond motifs is 1. The van der Waals surface area contributed by atoms with Crippen LogP contribution < -0.4 is 5.32 Å². The lowest BCUT2D eigenvalue weighted by Crippen LogP contribution is -2.36. The van der Waals surface area contributed by atoms with Crippen molar-refractivity contribution in [3.05, 3.63) is 33.8 Å². The van der Waals surface area contributed by atoms with E-state index in [4.69, 9.17) is 5.11 Å². The van der Waals surface area contributed by atoms with Crippen molar-refractivity contribution >= 4 is 15.9 Å². The highest BCUT2D eigenvalue weighted by molar-refractivity contribution is 9.10. The number of rotatable bonds is 5. The third kappa shape index (κ3) is 2.95. The van der Waals surface area contributed by atoms with Crippen LogP contribution in [0.3, 0.4) is 0 Å². The molecule has 1 aromatic rings. The van der Waals surface area contributed by atoms with Gasteiger partial charge in [-0.15, -0.1) is 0 Å². The molecule has 2 unspecified atom stereocenters. The molecule has 0 radical (unpaired) electrons. The summed E-state index contributed by atoms with van der Waals surface area (Å²) in [5.41, 5.74) is 2.87. The van der Waals surface area contributed by atoms with E-state index >= 15 is 0 Å². The molecule has 18 heavy (non-hydrogen) atoms. The second-order valence-electron chi connectivity index (χ2n) is 5.43. The molecule has 3 heteroatoms. The normalized spacial score (nSPS) is 20.2. The maximum atomic E-state index is 9.15. The quantitative estimate of drug-likeness (QED) is 0.873. The number of benzene rings is 1. The van der Waals surface area contributed by atoms with Gasteiger partial charge in [0.25, 0.3) is 0 Å². The molecule has 2 rings (SSSR count). The number of hydrogen-bond donors (Lipinski definition) is 2. The van der Waals surface area contributed by atoms with Gasteiger partial charge in [-0.05, 0) is 42.4 Å². The van der Waals surface area contributed by atoms with Gasteiger partial charge in [0.15, 0.2) is 0 Å². The molecule has 0 aliphatic heterocycles. The van der Waals surface area contributed by atoms with E-state index in [0.29, 0.717) is 18.0 Å². The molecule has 2 nitrogen and oxygen atoms in total. The molecule has 0 amide bonds. The van der Waals surface area contributed by atoms with E-state index in [9.17, 15) is 0 Å². The summed E-state index contributed by atoms with van der Waals surface area (Å²) in [7, 11) is 0. The summed E-state index contributed by atoms with van der Waals surface area (Å²) >= 11 is 3.63. The van der Waals surface area contributed by atoms with E-state index in [-0.39, 0.29) is 6.61 Å². The number of aliphatic hydroxyl groups is 1. The van der Waals surface area contributed by atoms with Crippen LogP contribution in [0.25, 0.3) is 0 Å². The van der Waals surface area contributed by atoms with E-state index in [1.54, 1.807) is 0 Å². The molecular formula is C15H22BrNO. The maximum Gasteiger partial charge on any atom is 0.0445 e. The molecular weight excluding hydrogens is 290 g/mol. The fourth-order valence-electron chi connectivity index (χ4n) is 2.79. The van der Waals surface area contributed by atoms with Crippen molar-refractivity contribution in [3.63, 3.8) is 0 Å². The first-order valence-corrected chi connectivity index (χ1v) is 7.57. The SMILES string of the molecule is CC(C)C(CCO)NC1CCc2c(Br)cccc21. The number of hydrogen-bond acceptors (Lipinski definition) is 2. The zero-order chi connectivity index (χ0) is 13.1. The fourth-order valence-corrected chi connectivity index (χ4v) is 3.37. The highest BCUT2D eigenvalue weighted by Crippen LogP contribution is 2.36. The van der Waals surface area contributed by atoms with Crippen LogP contribution in [0.1, 0.15) is 43.9 Å². The lowest BCUT2D eigenvalue weighted by molar-refractivity contribution is 0.234. The second kappa shape index (κ2) is 6.18. The Labute approximate surface area is 118 Å². The molecule has 2 N–H and O–H groups in total. The van der Waals surface area contributed by atoms with Crippen LogP contribution in [0.15, 0.2) is 22.7 Å². The van der Waals surface area contributed by atoms with Crippen molar-refractivity contribution in [1.29, 1.82) is 0 Å². The topological polar surface area (TPSA) is 32.3 Å². The molecule has 0 saturated heterocycles. The second-order valence-corrected chi connectivity index (χ2v) is 6.28. The van der Waals surface area contributed by atoms with Gasteiger partial charge in [-0.1, -0.05) is 41.9 Å². The monoisotopic (exact) mass is 311 g/mol. The minimum Gasteiger partial charge on any atom is -0.396 e. The standard InChI is InChI=1S/C15H22BrNO/c1-10(2)14(8-9-18)17-15-7-6-11-12(15)4-3-5-13(11)16/h3-5,10,14-15,17-18H,6-9H2,1-2H3. The van der Waals surface area contributed by atoms with Gasteiger partial charge in [-0.2, -0.15) is 0 Å². The molecule has 0 heterocycles. The molecule has 0 saturated carbocycles. The summed E-state index contributed by atoms with van der Waals surface area (Å²) in [6, 6.07) is 7.29. The summed E-state index contributed by atoms with van der Waals surface area (Å²) in [6.45, 7) is 4.68. The molecule has 2 atom stereocenters. The fraction of sp³-hybridized carbons (Fsp3) is 0.600. The van der Waals surface area contributed by atoms with E-state index in [0.717, 1.165) is 19.3 Å². The molecule has 0 fully saturated rings. The van der Waals surface area contributed by atoms with Crippen LogP contribution in [-0.2, 0) is 6.42 Å². The first-order chi connectivity index (χ1) is 8.63. The van der Waals surface area contributed by atoms with Crippen LogP contribution in [0.4, 0.5) is 0 Å². The Kier molecular flexibility index (Phi) is 4.82. The van der Waals surface area contributed by atoms with Gasteiger partial charge < -0.3 is 10.4 Å². The summed E-state index contributed by atoms with van der Waals surface area (Å²) in [4.78, 5) is 0. The van der Waals surface area contributed by atoms with Gasteiger partial charge >= 0.3 is 0 Å². The van der Waals surface area contributed by atoms with Gasteiger partial charge in [-0.3, -0.25) is 0 Å². The first-order valence-electron chi connectivity index (χ1n) is 6.77. The van der Waals surface area contributed by atoms with Crippen LogP contribution in [-0.4, -0.2) is 17.8 Å². The van der Waals surface area contributed by atoms with Crippen molar-refractivity contribution in [3.8, 4) is 0 Å². The van der Waals surface area contributed by atoms with Crippen LogP contribution in [0.5, 0.6) is 0 Å². The highest BCUT2D eigenvalue weighted by Gasteiger charge is 2.26. The summed E-state index contributed by atoms with van der Waals surface area (Å²) in [6.07, 6.45) is 3.13. The lowest BCUT2D eigenvalue weighted by Gasteiger charge is -2.26.